The molecule has 0 bridgehead atoms. The van der Waals surface area contributed by atoms with Crippen LogP contribution in [-0.2, 0) is 14.3 Å². The lowest BCUT2D eigenvalue weighted by atomic mass is 10.1. The molecule has 184 valence electrons. The summed E-state index contributed by atoms with van der Waals surface area (Å²) in [6.07, 6.45) is 0.536. The van der Waals surface area contributed by atoms with E-state index in [9.17, 15) is 14.4 Å². The normalized spacial score (nSPS) is 10.2. The first kappa shape index (κ1) is 26.5. The van der Waals surface area contributed by atoms with E-state index in [4.69, 9.17) is 18.9 Å². The first-order valence-corrected chi connectivity index (χ1v) is 10.6. The number of carbonyl (C=O) groups is 3. The van der Waals surface area contributed by atoms with Gasteiger partial charge < -0.3 is 34.5 Å². The molecule has 0 saturated heterocycles. The van der Waals surface area contributed by atoms with Gasteiger partial charge in [0.25, 0.3) is 5.91 Å². The molecule has 0 aliphatic rings. The van der Waals surface area contributed by atoms with Crippen molar-refractivity contribution >= 4 is 23.4 Å². The summed E-state index contributed by atoms with van der Waals surface area (Å²) < 4.78 is 20.6. The summed E-state index contributed by atoms with van der Waals surface area (Å²) in [6.45, 7) is 0.255. The van der Waals surface area contributed by atoms with Crippen LogP contribution in [0.25, 0.3) is 0 Å². The molecule has 3 amide bonds. The Kier molecular flexibility index (Phi) is 10.7. The van der Waals surface area contributed by atoms with Crippen LogP contribution in [0.4, 0.5) is 5.69 Å². The summed E-state index contributed by atoms with van der Waals surface area (Å²) in [5.41, 5.74) is 0.891. The Hall–Kier alpha value is -3.79. The lowest BCUT2D eigenvalue weighted by molar-refractivity contribution is -0.124. The van der Waals surface area contributed by atoms with Gasteiger partial charge >= 0.3 is 0 Å². The molecule has 0 unspecified atom stereocenters. The Balaban J connectivity index is 2.00. The van der Waals surface area contributed by atoms with Crippen molar-refractivity contribution < 1.29 is 33.3 Å². The molecule has 0 saturated carbocycles. The van der Waals surface area contributed by atoms with E-state index in [0.29, 0.717) is 41.5 Å². The maximum absolute atomic E-state index is 13.1. The summed E-state index contributed by atoms with van der Waals surface area (Å²) in [5, 5.41) is 5.23. The van der Waals surface area contributed by atoms with Gasteiger partial charge in [-0.25, -0.2) is 0 Å². The highest BCUT2D eigenvalue weighted by Gasteiger charge is 2.20. The minimum Gasteiger partial charge on any atom is -0.497 e. The number of nitrogens with zero attached hydrogens (tertiary/aromatic N) is 1. The van der Waals surface area contributed by atoms with E-state index >= 15 is 0 Å². The summed E-state index contributed by atoms with van der Waals surface area (Å²) in [5.74, 6) is 0.349. The Morgan fingerprint density at radius 2 is 1.44 bits per heavy atom. The number of methoxy groups -OCH3 is 4. The van der Waals surface area contributed by atoms with Gasteiger partial charge in [-0.2, -0.15) is 0 Å². The molecular formula is C24H31N3O7. The topological polar surface area (TPSA) is 115 Å². The average molecular weight is 474 g/mol. The number of carbonyl (C=O) groups excluding carboxylic acids is 3. The van der Waals surface area contributed by atoms with Gasteiger partial charge in [0, 0.05) is 37.6 Å². The van der Waals surface area contributed by atoms with E-state index in [1.165, 1.54) is 19.1 Å². The Morgan fingerprint density at radius 1 is 0.824 bits per heavy atom. The molecule has 0 atom stereocenters. The molecule has 0 spiro atoms. The van der Waals surface area contributed by atoms with Gasteiger partial charge in [-0.1, -0.05) is 0 Å². The van der Waals surface area contributed by atoms with Crippen LogP contribution in [0.1, 0.15) is 16.8 Å². The predicted molar refractivity (Wildman–Crippen MR) is 127 cm³/mol. The van der Waals surface area contributed by atoms with Gasteiger partial charge in [0.1, 0.15) is 17.2 Å². The van der Waals surface area contributed by atoms with Crippen molar-refractivity contribution in [1.29, 1.82) is 0 Å². The Bertz CT molecular complexity index is 941. The zero-order valence-electron chi connectivity index (χ0n) is 19.9. The molecular weight excluding hydrogens is 442 g/mol. The molecule has 2 aromatic carbocycles. The lowest BCUT2D eigenvalue weighted by Gasteiger charge is -2.22. The van der Waals surface area contributed by atoms with Gasteiger partial charge in [-0.05, 0) is 42.8 Å². The average Bonchev–Trinajstić information content (AvgIpc) is 2.86. The SMILES string of the molecule is COCCCN(CC(=O)NCC(=O)Nc1ccc(OC)cc1)C(=O)c1cc(OC)cc(OC)c1. The second-order valence-corrected chi connectivity index (χ2v) is 7.23. The van der Waals surface area contributed by atoms with Crippen LogP contribution in [-0.4, -0.2) is 77.3 Å². The zero-order valence-corrected chi connectivity index (χ0v) is 19.9. The van der Waals surface area contributed by atoms with E-state index in [1.807, 2.05) is 0 Å². The van der Waals surface area contributed by atoms with E-state index in [1.54, 1.807) is 56.7 Å². The zero-order chi connectivity index (χ0) is 24.9. The maximum Gasteiger partial charge on any atom is 0.254 e. The number of hydrogen-bond acceptors (Lipinski definition) is 7. The molecule has 2 aromatic rings. The standard InChI is InChI=1S/C24H31N3O7/c1-31-11-5-10-27(24(30)17-12-20(33-3)14-21(13-17)34-4)16-23(29)25-15-22(28)26-18-6-8-19(32-2)9-7-18/h6-9,12-14H,5,10-11,15-16H2,1-4H3,(H,25,29)(H,26,28). The summed E-state index contributed by atoms with van der Waals surface area (Å²) in [7, 11) is 6.10. The minimum atomic E-state index is -0.467. The van der Waals surface area contributed by atoms with Gasteiger partial charge in [-0.3, -0.25) is 14.4 Å². The van der Waals surface area contributed by atoms with Crippen molar-refractivity contribution in [3.8, 4) is 17.2 Å². The van der Waals surface area contributed by atoms with Crippen LogP contribution in [0.5, 0.6) is 17.2 Å². The van der Waals surface area contributed by atoms with Gasteiger partial charge in [0.2, 0.25) is 11.8 Å². The maximum atomic E-state index is 13.1. The number of nitrogens with one attached hydrogen (secondary N) is 2. The van der Waals surface area contributed by atoms with Crippen molar-refractivity contribution in [2.75, 3.05) is 60.0 Å². The number of ether oxygens (including phenoxy) is 4. The first-order chi connectivity index (χ1) is 16.4. The molecule has 2 rings (SSSR count). The highest BCUT2D eigenvalue weighted by molar-refractivity contribution is 5.98. The van der Waals surface area contributed by atoms with Crippen molar-refractivity contribution in [3.05, 3.63) is 48.0 Å². The van der Waals surface area contributed by atoms with Gasteiger partial charge in [0.05, 0.1) is 34.4 Å². The van der Waals surface area contributed by atoms with Crippen molar-refractivity contribution in [2.45, 2.75) is 6.42 Å². The molecule has 0 heterocycles. The van der Waals surface area contributed by atoms with Crippen LogP contribution < -0.4 is 24.8 Å². The highest BCUT2D eigenvalue weighted by atomic mass is 16.5. The molecule has 0 aromatic heterocycles. The molecule has 10 nitrogen and oxygen atoms in total. The third-order valence-electron chi connectivity index (χ3n) is 4.82. The van der Waals surface area contributed by atoms with Crippen LogP contribution >= 0.6 is 0 Å². The van der Waals surface area contributed by atoms with Crippen LogP contribution in [0.3, 0.4) is 0 Å². The molecule has 34 heavy (non-hydrogen) atoms. The van der Waals surface area contributed by atoms with E-state index in [0.717, 1.165) is 0 Å². The molecule has 0 aliphatic heterocycles. The lowest BCUT2D eigenvalue weighted by Crippen LogP contribution is -2.43. The molecule has 0 fully saturated rings. The quantitative estimate of drug-likeness (QED) is 0.427. The van der Waals surface area contributed by atoms with Crippen molar-refractivity contribution in [1.82, 2.24) is 10.2 Å². The fourth-order valence-electron chi connectivity index (χ4n) is 3.05. The smallest absolute Gasteiger partial charge is 0.254 e. The molecule has 0 radical (unpaired) electrons. The van der Waals surface area contributed by atoms with Crippen molar-refractivity contribution in [2.24, 2.45) is 0 Å². The van der Waals surface area contributed by atoms with Crippen LogP contribution in [0, 0.1) is 0 Å². The van der Waals surface area contributed by atoms with E-state index in [-0.39, 0.29) is 25.5 Å². The largest absolute Gasteiger partial charge is 0.497 e. The predicted octanol–water partition coefficient (Wildman–Crippen LogP) is 1.95. The number of hydrogen-bond donors (Lipinski definition) is 2. The fraction of sp³-hybridized carbons (Fsp3) is 0.375. The molecule has 0 aliphatic carbocycles. The first-order valence-electron chi connectivity index (χ1n) is 10.6. The summed E-state index contributed by atoms with van der Waals surface area (Å²) >= 11 is 0. The number of rotatable bonds is 13. The monoisotopic (exact) mass is 473 g/mol. The molecule has 10 heteroatoms. The van der Waals surface area contributed by atoms with Crippen LogP contribution in [0.2, 0.25) is 0 Å². The van der Waals surface area contributed by atoms with Crippen molar-refractivity contribution in [3.63, 3.8) is 0 Å². The Labute approximate surface area is 199 Å². The Morgan fingerprint density at radius 3 is 2.00 bits per heavy atom. The molecule has 2 N–H and O–H groups in total. The summed E-state index contributed by atoms with van der Waals surface area (Å²) in [6, 6.07) is 11.6. The number of anilines is 1. The van der Waals surface area contributed by atoms with Gasteiger partial charge in [-0.15, -0.1) is 0 Å². The third-order valence-corrected chi connectivity index (χ3v) is 4.82. The van der Waals surface area contributed by atoms with E-state index < -0.39 is 11.8 Å². The number of amides is 3. The fourth-order valence-corrected chi connectivity index (χ4v) is 3.05. The third kappa shape index (κ3) is 8.28. The minimum absolute atomic E-state index is 0.224. The van der Waals surface area contributed by atoms with E-state index in [2.05, 4.69) is 10.6 Å². The number of benzene rings is 2. The summed E-state index contributed by atoms with van der Waals surface area (Å²) in [4.78, 5) is 39.2. The highest BCUT2D eigenvalue weighted by Crippen LogP contribution is 2.23. The van der Waals surface area contributed by atoms with Crippen LogP contribution in [0.15, 0.2) is 42.5 Å². The van der Waals surface area contributed by atoms with Gasteiger partial charge in [0.15, 0.2) is 0 Å². The second-order valence-electron chi connectivity index (χ2n) is 7.23. The second kappa shape index (κ2) is 13.7.